The van der Waals surface area contributed by atoms with Crippen LogP contribution in [0.5, 0.6) is 0 Å². The van der Waals surface area contributed by atoms with Gasteiger partial charge in [-0.1, -0.05) is 26.2 Å². The van der Waals surface area contributed by atoms with Crippen LogP contribution >= 0.6 is 11.3 Å². The molecule has 2 saturated heterocycles. The third-order valence-corrected chi connectivity index (χ3v) is 6.56. The highest BCUT2D eigenvalue weighted by Crippen LogP contribution is 2.24. The summed E-state index contributed by atoms with van der Waals surface area (Å²) in [5.74, 6) is 0.0854. The van der Waals surface area contributed by atoms with E-state index in [-0.39, 0.29) is 11.9 Å². The first-order chi connectivity index (χ1) is 12.2. The van der Waals surface area contributed by atoms with E-state index in [1.54, 1.807) is 0 Å². The molecular weight excluding hydrogens is 332 g/mol. The Hall–Kier alpha value is -0.980. The number of nitrogens with two attached hydrogens (primary N) is 1. The smallest absolute Gasteiger partial charge is 0.273 e. The number of hydrogen-bond acceptors (Lipinski definition) is 5. The minimum atomic E-state index is -0.0312. The van der Waals surface area contributed by atoms with E-state index in [1.165, 1.54) is 43.7 Å². The highest BCUT2D eigenvalue weighted by molar-refractivity contribution is 7.09. The fraction of sp³-hybridized carbons (Fsp3) is 0.789. The fourth-order valence-electron chi connectivity index (χ4n) is 3.98. The van der Waals surface area contributed by atoms with Crippen LogP contribution in [0.4, 0.5) is 0 Å². The second kappa shape index (κ2) is 9.10. The van der Waals surface area contributed by atoms with Gasteiger partial charge in [0.15, 0.2) is 0 Å². The maximum Gasteiger partial charge on any atom is 0.273 e. The molecule has 1 atom stereocenters. The molecule has 2 N–H and O–H groups in total. The SMILES string of the molecule is CCCCC(N)c1nc(C(=O)N2CCC(N3CCCCC3)CC2)cs1. The number of nitrogens with zero attached hydrogens (tertiary/aromatic N) is 3. The maximum absolute atomic E-state index is 12.7. The van der Waals surface area contributed by atoms with E-state index in [2.05, 4.69) is 16.8 Å². The van der Waals surface area contributed by atoms with Gasteiger partial charge in [0.1, 0.15) is 10.7 Å². The van der Waals surface area contributed by atoms with E-state index in [0.29, 0.717) is 11.7 Å². The van der Waals surface area contributed by atoms with E-state index < -0.39 is 0 Å². The van der Waals surface area contributed by atoms with Crippen molar-refractivity contribution in [2.75, 3.05) is 26.2 Å². The Morgan fingerprint density at radius 2 is 2.00 bits per heavy atom. The van der Waals surface area contributed by atoms with Crippen molar-refractivity contribution < 1.29 is 4.79 Å². The van der Waals surface area contributed by atoms with Gasteiger partial charge in [0.05, 0.1) is 6.04 Å². The number of carbonyl (C=O) groups excluding carboxylic acids is 1. The fourth-order valence-corrected chi connectivity index (χ4v) is 4.81. The van der Waals surface area contributed by atoms with Crippen LogP contribution in [0.3, 0.4) is 0 Å². The van der Waals surface area contributed by atoms with E-state index in [9.17, 15) is 4.79 Å². The average molecular weight is 365 g/mol. The number of likely N-dealkylation sites (tertiary alicyclic amines) is 2. The van der Waals surface area contributed by atoms with Gasteiger partial charge in [-0.2, -0.15) is 0 Å². The maximum atomic E-state index is 12.7. The zero-order valence-electron chi connectivity index (χ0n) is 15.5. The summed E-state index contributed by atoms with van der Waals surface area (Å²) in [5.41, 5.74) is 6.78. The second-order valence-corrected chi connectivity index (χ2v) is 8.33. The van der Waals surface area contributed by atoms with Crippen LogP contribution in [0, 0.1) is 0 Å². The van der Waals surface area contributed by atoms with Gasteiger partial charge in [-0.25, -0.2) is 4.98 Å². The molecule has 0 bridgehead atoms. The molecule has 0 aromatic carbocycles. The lowest BCUT2D eigenvalue weighted by molar-refractivity contribution is 0.0585. The number of hydrogen-bond donors (Lipinski definition) is 1. The Kier molecular flexibility index (Phi) is 6.84. The molecule has 5 nitrogen and oxygen atoms in total. The number of unbranched alkanes of at least 4 members (excludes halogenated alkanes) is 1. The Labute approximate surface area is 155 Å². The number of aromatic nitrogens is 1. The molecule has 2 fully saturated rings. The van der Waals surface area contributed by atoms with Crippen LogP contribution < -0.4 is 5.73 Å². The van der Waals surface area contributed by atoms with Crippen molar-refractivity contribution in [3.8, 4) is 0 Å². The molecule has 6 heteroatoms. The average Bonchev–Trinajstić information content (AvgIpc) is 3.16. The van der Waals surface area contributed by atoms with E-state index >= 15 is 0 Å². The molecule has 1 aromatic rings. The molecule has 1 amide bonds. The lowest BCUT2D eigenvalue weighted by Gasteiger charge is -2.40. The van der Waals surface area contributed by atoms with Crippen LogP contribution in [0.1, 0.15) is 79.8 Å². The summed E-state index contributed by atoms with van der Waals surface area (Å²) < 4.78 is 0. The van der Waals surface area contributed by atoms with Crippen LogP contribution in [0.25, 0.3) is 0 Å². The second-order valence-electron chi connectivity index (χ2n) is 7.44. The molecule has 1 unspecified atom stereocenters. The van der Waals surface area contributed by atoms with Crippen molar-refractivity contribution in [3.05, 3.63) is 16.1 Å². The summed E-state index contributed by atoms with van der Waals surface area (Å²) in [6.07, 6.45) is 9.42. The van der Waals surface area contributed by atoms with Crippen molar-refractivity contribution >= 4 is 17.2 Å². The summed E-state index contributed by atoms with van der Waals surface area (Å²) in [5, 5.41) is 2.79. The lowest BCUT2D eigenvalue weighted by Crippen LogP contribution is -2.48. The first-order valence-corrected chi connectivity index (χ1v) is 10.8. The van der Waals surface area contributed by atoms with Gasteiger partial charge >= 0.3 is 0 Å². The van der Waals surface area contributed by atoms with Gasteiger partial charge in [0.2, 0.25) is 0 Å². The third kappa shape index (κ3) is 4.80. The number of thiazole rings is 1. The summed E-state index contributed by atoms with van der Waals surface area (Å²) in [4.78, 5) is 21.9. The summed E-state index contributed by atoms with van der Waals surface area (Å²) in [6, 6.07) is 0.633. The van der Waals surface area contributed by atoms with E-state index in [0.717, 1.165) is 50.2 Å². The first kappa shape index (κ1) is 18.8. The highest BCUT2D eigenvalue weighted by atomic mass is 32.1. The molecule has 25 heavy (non-hydrogen) atoms. The van der Waals surface area contributed by atoms with Crippen LogP contribution in [0.15, 0.2) is 5.38 Å². The number of rotatable bonds is 6. The van der Waals surface area contributed by atoms with Gasteiger partial charge in [-0.05, 0) is 45.2 Å². The minimum Gasteiger partial charge on any atom is -0.337 e. The van der Waals surface area contributed by atoms with Crippen molar-refractivity contribution in [2.24, 2.45) is 5.73 Å². The van der Waals surface area contributed by atoms with Gasteiger partial charge in [0, 0.05) is 24.5 Å². The molecule has 0 spiro atoms. The number of amides is 1. The molecule has 3 rings (SSSR count). The summed E-state index contributed by atoms with van der Waals surface area (Å²) >= 11 is 1.53. The molecule has 2 aliphatic heterocycles. The number of piperidine rings is 2. The van der Waals surface area contributed by atoms with Gasteiger partial charge in [-0.15, -0.1) is 11.3 Å². The monoisotopic (exact) mass is 364 g/mol. The quantitative estimate of drug-likeness (QED) is 0.840. The third-order valence-electron chi connectivity index (χ3n) is 5.59. The predicted octanol–water partition coefficient (Wildman–Crippen LogP) is 3.42. The van der Waals surface area contributed by atoms with Crippen molar-refractivity contribution in [2.45, 2.75) is 70.4 Å². The van der Waals surface area contributed by atoms with Crippen molar-refractivity contribution in [3.63, 3.8) is 0 Å². The highest BCUT2D eigenvalue weighted by Gasteiger charge is 2.29. The zero-order valence-corrected chi connectivity index (χ0v) is 16.3. The lowest BCUT2D eigenvalue weighted by atomic mass is 10.00. The Balaban J connectivity index is 1.51. The van der Waals surface area contributed by atoms with Crippen molar-refractivity contribution in [1.82, 2.24) is 14.8 Å². The minimum absolute atomic E-state index is 0.0312. The van der Waals surface area contributed by atoms with E-state index in [4.69, 9.17) is 5.73 Å². The number of carbonyl (C=O) groups is 1. The first-order valence-electron chi connectivity index (χ1n) is 9.93. The largest absolute Gasteiger partial charge is 0.337 e. The predicted molar refractivity (Wildman–Crippen MR) is 103 cm³/mol. The van der Waals surface area contributed by atoms with Crippen LogP contribution in [-0.4, -0.2) is 52.9 Å². The van der Waals surface area contributed by atoms with E-state index in [1.807, 2.05) is 10.3 Å². The molecule has 0 aliphatic carbocycles. The van der Waals surface area contributed by atoms with Crippen molar-refractivity contribution in [1.29, 1.82) is 0 Å². The molecule has 140 valence electrons. The Morgan fingerprint density at radius 1 is 1.28 bits per heavy atom. The van der Waals surface area contributed by atoms with Crippen LogP contribution in [-0.2, 0) is 0 Å². The molecule has 2 aliphatic rings. The summed E-state index contributed by atoms with van der Waals surface area (Å²) in [7, 11) is 0. The Bertz CT molecular complexity index is 547. The molecule has 3 heterocycles. The van der Waals surface area contributed by atoms with Crippen LogP contribution in [0.2, 0.25) is 0 Å². The zero-order chi connectivity index (χ0) is 17.6. The Morgan fingerprint density at radius 3 is 2.68 bits per heavy atom. The standard InChI is InChI=1S/C19H32N4OS/c1-2-3-7-16(20)18-21-17(14-25-18)19(24)23-12-8-15(9-13-23)22-10-5-4-6-11-22/h14-16H,2-13,20H2,1H3. The van der Waals surface area contributed by atoms with Gasteiger partial charge in [0.25, 0.3) is 5.91 Å². The molecule has 0 radical (unpaired) electrons. The molecule has 1 aromatic heterocycles. The normalized spacial score (nSPS) is 21.4. The topological polar surface area (TPSA) is 62.5 Å². The van der Waals surface area contributed by atoms with Gasteiger partial charge in [-0.3, -0.25) is 4.79 Å². The van der Waals surface area contributed by atoms with Gasteiger partial charge < -0.3 is 15.5 Å². The molecule has 0 saturated carbocycles. The molecular formula is C19H32N4OS. The summed E-state index contributed by atoms with van der Waals surface area (Å²) in [6.45, 7) is 6.36.